The van der Waals surface area contributed by atoms with Crippen LogP contribution in [0.25, 0.3) is 11.0 Å². The Bertz CT molecular complexity index is 1180. The summed E-state index contributed by atoms with van der Waals surface area (Å²) in [7, 11) is 0. The van der Waals surface area contributed by atoms with E-state index in [-0.39, 0.29) is 33.7 Å². The maximum atomic E-state index is 12.6. The summed E-state index contributed by atoms with van der Waals surface area (Å²) in [4.78, 5) is 24.5. The zero-order chi connectivity index (χ0) is 18.8. The second-order valence-electron chi connectivity index (χ2n) is 5.49. The zero-order valence-electron chi connectivity index (χ0n) is 13.7. The maximum Gasteiger partial charge on any atom is 0.379 e. The van der Waals surface area contributed by atoms with Crippen LogP contribution in [0.2, 0.25) is 5.02 Å². The summed E-state index contributed by atoms with van der Waals surface area (Å²) in [5.74, 6) is -0.0297. The van der Waals surface area contributed by atoms with E-state index in [9.17, 15) is 9.59 Å². The second-order valence-corrected chi connectivity index (χ2v) is 5.89. The molecular weight excluding hydrogens is 372 g/mol. The van der Waals surface area contributed by atoms with Crippen molar-refractivity contribution in [2.45, 2.75) is 0 Å². The van der Waals surface area contributed by atoms with Gasteiger partial charge in [0.15, 0.2) is 0 Å². The number of para-hydroxylation sites is 1. The summed E-state index contributed by atoms with van der Waals surface area (Å²) >= 11 is 6.04. The van der Waals surface area contributed by atoms with Gasteiger partial charge in [-0.15, -0.1) is 0 Å². The lowest BCUT2D eigenvalue weighted by atomic mass is 10.2. The molecule has 2 aromatic carbocycles. The standard InChI is InChI=1S/C20H11ClO6/c21-14-4-1-2-5-15(14)27-18-11-25-17-10-12(7-8-13(17)19(18)22)26-20(23)16-6-3-9-24-16/h1-11H. The van der Waals surface area contributed by atoms with Crippen molar-refractivity contribution in [1.29, 1.82) is 0 Å². The number of carbonyl (C=O) groups excluding carboxylic acids is 1. The van der Waals surface area contributed by atoms with E-state index in [1.807, 2.05) is 0 Å². The van der Waals surface area contributed by atoms with E-state index >= 15 is 0 Å². The molecule has 0 aliphatic carbocycles. The van der Waals surface area contributed by atoms with Crippen LogP contribution in [0.5, 0.6) is 17.2 Å². The molecule has 0 fully saturated rings. The van der Waals surface area contributed by atoms with Gasteiger partial charge in [-0.2, -0.15) is 0 Å². The predicted octanol–water partition coefficient (Wildman–Crippen LogP) is 5.05. The van der Waals surface area contributed by atoms with Crippen molar-refractivity contribution in [3.8, 4) is 17.2 Å². The van der Waals surface area contributed by atoms with Crippen LogP contribution < -0.4 is 14.9 Å². The van der Waals surface area contributed by atoms with Crippen LogP contribution >= 0.6 is 11.6 Å². The minimum atomic E-state index is -0.652. The lowest BCUT2D eigenvalue weighted by Crippen LogP contribution is -2.08. The molecule has 0 aliphatic heterocycles. The van der Waals surface area contributed by atoms with Crippen LogP contribution in [-0.4, -0.2) is 5.97 Å². The largest absolute Gasteiger partial charge is 0.460 e. The molecule has 0 spiro atoms. The highest BCUT2D eigenvalue weighted by molar-refractivity contribution is 6.32. The number of hydrogen-bond acceptors (Lipinski definition) is 6. The summed E-state index contributed by atoms with van der Waals surface area (Å²) in [6.45, 7) is 0. The maximum absolute atomic E-state index is 12.6. The summed E-state index contributed by atoms with van der Waals surface area (Å²) in [5.41, 5.74) is -0.128. The lowest BCUT2D eigenvalue weighted by molar-refractivity contribution is 0.0701. The van der Waals surface area contributed by atoms with Gasteiger partial charge in [0.1, 0.15) is 23.3 Å². The van der Waals surface area contributed by atoms with E-state index in [0.29, 0.717) is 10.8 Å². The van der Waals surface area contributed by atoms with Crippen LogP contribution in [0, 0.1) is 0 Å². The molecule has 0 saturated carbocycles. The van der Waals surface area contributed by atoms with E-state index in [2.05, 4.69) is 0 Å². The molecule has 27 heavy (non-hydrogen) atoms. The molecule has 0 bridgehead atoms. The fourth-order valence-corrected chi connectivity index (χ4v) is 2.60. The molecule has 0 unspecified atom stereocenters. The molecule has 0 atom stereocenters. The quantitative estimate of drug-likeness (QED) is 0.363. The number of halogens is 1. The molecule has 0 N–H and O–H groups in total. The molecule has 134 valence electrons. The highest BCUT2D eigenvalue weighted by Gasteiger charge is 2.14. The number of ether oxygens (including phenoxy) is 2. The Morgan fingerprint density at radius 1 is 0.963 bits per heavy atom. The Morgan fingerprint density at radius 3 is 2.59 bits per heavy atom. The fourth-order valence-electron chi connectivity index (χ4n) is 2.42. The summed E-state index contributed by atoms with van der Waals surface area (Å²) in [6, 6.07) is 14.3. The molecule has 0 saturated heterocycles. The summed E-state index contributed by atoms with van der Waals surface area (Å²) < 4.78 is 21.2. The van der Waals surface area contributed by atoms with E-state index in [1.165, 1.54) is 36.8 Å². The first-order chi connectivity index (χ1) is 13.1. The molecule has 6 nitrogen and oxygen atoms in total. The van der Waals surface area contributed by atoms with Gasteiger partial charge in [-0.25, -0.2) is 4.79 Å². The average molecular weight is 383 g/mol. The SMILES string of the molecule is O=C(Oc1ccc2c(=O)c(Oc3ccccc3Cl)coc2c1)c1ccco1. The molecule has 4 rings (SSSR count). The summed E-state index contributed by atoms with van der Waals surface area (Å²) in [6.07, 6.45) is 2.56. The molecular formula is C20H11ClO6. The third-order valence-corrected chi connectivity index (χ3v) is 4.02. The first-order valence-electron chi connectivity index (χ1n) is 7.85. The fraction of sp³-hybridized carbons (Fsp3) is 0. The van der Waals surface area contributed by atoms with Crippen molar-refractivity contribution in [2.24, 2.45) is 0 Å². The Kier molecular flexibility index (Phi) is 4.40. The number of hydrogen-bond donors (Lipinski definition) is 0. The van der Waals surface area contributed by atoms with Crippen LogP contribution in [0.15, 0.2) is 80.8 Å². The van der Waals surface area contributed by atoms with Crippen LogP contribution in [0.4, 0.5) is 0 Å². The smallest absolute Gasteiger partial charge is 0.379 e. The lowest BCUT2D eigenvalue weighted by Gasteiger charge is -2.07. The Balaban J connectivity index is 1.63. The van der Waals surface area contributed by atoms with E-state index in [4.69, 9.17) is 29.9 Å². The normalized spacial score (nSPS) is 10.7. The third kappa shape index (κ3) is 3.43. The third-order valence-electron chi connectivity index (χ3n) is 3.70. The minimum Gasteiger partial charge on any atom is -0.460 e. The molecule has 0 amide bonds. The number of esters is 1. The zero-order valence-corrected chi connectivity index (χ0v) is 14.4. The van der Waals surface area contributed by atoms with Crippen molar-refractivity contribution >= 4 is 28.5 Å². The molecule has 2 aromatic heterocycles. The molecule has 0 aliphatic rings. The van der Waals surface area contributed by atoms with E-state index in [1.54, 1.807) is 30.3 Å². The highest BCUT2D eigenvalue weighted by atomic mass is 35.5. The van der Waals surface area contributed by atoms with Gasteiger partial charge < -0.3 is 18.3 Å². The van der Waals surface area contributed by atoms with Crippen LogP contribution in [0.3, 0.4) is 0 Å². The molecule has 0 radical (unpaired) electrons. The number of benzene rings is 2. The predicted molar refractivity (Wildman–Crippen MR) is 97.7 cm³/mol. The van der Waals surface area contributed by atoms with Gasteiger partial charge in [-0.1, -0.05) is 23.7 Å². The van der Waals surface area contributed by atoms with Crippen molar-refractivity contribution in [2.75, 3.05) is 0 Å². The molecule has 7 heteroatoms. The number of rotatable bonds is 4. The average Bonchev–Trinajstić information content (AvgIpc) is 3.21. The van der Waals surface area contributed by atoms with Gasteiger partial charge >= 0.3 is 5.97 Å². The van der Waals surface area contributed by atoms with Gasteiger partial charge in [0.25, 0.3) is 0 Å². The topological polar surface area (TPSA) is 78.9 Å². The van der Waals surface area contributed by atoms with Gasteiger partial charge in [-0.3, -0.25) is 4.79 Å². The van der Waals surface area contributed by atoms with Crippen molar-refractivity contribution in [3.05, 3.63) is 88.1 Å². The number of carbonyl (C=O) groups is 1. The minimum absolute atomic E-state index is 0.00377. The van der Waals surface area contributed by atoms with Crippen LogP contribution in [0.1, 0.15) is 10.6 Å². The first kappa shape index (κ1) is 16.9. The Morgan fingerprint density at radius 2 is 1.81 bits per heavy atom. The number of fused-ring (bicyclic) bond motifs is 1. The first-order valence-corrected chi connectivity index (χ1v) is 8.23. The number of furan rings is 1. The Hall–Kier alpha value is -3.51. The second kappa shape index (κ2) is 7.01. The van der Waals surface area contributed by atoms with Crippen molar-refractivity contribution in [3.63, 3.8) is 0 Å². The van der Waals surface area contributed by atoms with E-state index < -0.39 is 5.97 Å². The monoisotopic (exact) mass is 382 g/mol. The molecule has 4 aromatic rings. The van der Waals surface area contributed by atoms with Gasteiger partial charge in [-0.05, 0) is 36.4 Å². The molecule has 2 heterocycles. The highest BCUT2D eigenvalue weighted by Crippen LogP contribution is 2.29. The van der Waals surface area contributed by atoms with Gasteiger partial charge in [0.05, 0.1) is 16.7 Å². The van der Waals surface area contributed by atoms with E-state index in [0.717, 1.165) is 0 Å². The Labute approximate surface area is 157 Å². The van der Waals surface area contributed by atoms with Gasteiger partial charge in [0, 0.05) is 6.07 Å². The van der Waals surface area contributed by atoms with Crippen molar-refractivity contribution < 1.29 is 23.1 Å². The van der Waals surface area contributed by atoms with Crippen LogP contribution in [-0.2, 0) is 0 Å². The summed E-state index contributed by atoms with van der Waals surface area (Å²) in [5, 5.41) is 0.648. The van der Waals surface area contributed by atoms with Crippen molar-refractivity contribution in [1.82, 2.24) is 0 Å². The van der Waals surface area contributed by atoms with Gasteiger partial charge in [0.2, 0.25) is 16.9 Å².